The van der Waals surface area contributed by atoms with Crippen LogP contribution in [0.25, 0.3) is 0 Å². The van der Waals surface area contributed by atoms with Crippen LogP contribution in [0, 0.1) is 0 Å². The van der Waals surface area contributed by atoms with Gasteiger partial charge in [0.15, 0.2) is 0 Å². The van der Waals surface area contributed by atoms with E-state index >= 15 is 0 Å². The van der Waals surface area contributed by atoms with Crippen molar-refractivity contribution in [2.24, 2.45) is 0 Å². The molecule has 0 saturated carbocycles. The van der Waals surface area contributed by atoms with Crippen molar-refractivity contribution in [2.45, 2.75) is 45.8 Å². The van der Waals surface area contributed by atoms with Crippen molar-refractivity contribution in [3.8, 4) is 0 Å². The highest BCUT2D eigenvalue weighted by Crippen LogP contribution is 2.08. The van der Waals surface area contributed by atoms with E-state index in [1.54, 1.807) is 27.7 Å². The maximum Gasteiger partial charge on any atom is 0.328 e. The molecule has 0 aromatic rings. The molecule has 1 amide bonds. The lowest BCUT2D eigenvalue weighted by atomic mass is 10.2. The molecule has 0 aromatic carbocycles. The predicted molar refractivity (Wildman–Crippen MR) is 59.9 cm³/mol. The van der Waals surface area contributed by atoms with Gasteiger partial charge in [0.05, 0.1) is 6.61 Å². The van der Waals surface area contributed by atoms with E-state index in [2.05, 4.69) is 5.32 Å². The Morgan fingerprint density at radius 3 is 2.31 bits per heavy atom. The van der Waals surface area contributed by atoms with E-state index in [0.29, 0.717) is 6.61 Å². The Balaban J connectivity index is 4.01. The van der Waals surface area contributed by atoms with E-state index in [-0.39, 0.29) is 12.3 Å². The van der Waals surface area contributed by atoms with Crippen LogP contribution < -0.4 is 5.32 Å². The number of hydrogen-bond acceptors (Lipinski definition) is 4. The molecule has 0 spiro atoms. The van der Waals surface area contributed by atoms with Gasteiger partial charge in [0, 0.05) is 13.5 Å². The maximum atomic E-state index is 11.5. The zero-order chi connectivity index (χ0) is 12.8. The highest BCUT2D eigenvalue weighted by molar-refractivity contribution is 5.84. The van der Waals surface area contributed by atoms with Crippen LogP contribution in [0.1, 0.15) is 34.1 Å². The molecule has 5 heteroatoms. The van der Waals surface area contributed by atoms with Crippen LogP contribution in [0.2, 0.25) is 0 Å². The summed E-state index contributed by atoms with van der Waals surface area (Å²) in [5, 5.41) is 2.54. The van der Waals surface area contributed by atoms with Crippen LogP contribution in [-0.4, -0.2) is 37.2 Å². The average molecular weight is 231 g/mol. The molecule has 0 radical (unpaired) electrons. The van der Waals surface area contributed by atoms with Crippen LogP contribution in [0.4, 0.5) is 0 Å². The summed E-state index contributed by atoms with van der Waals surface area (Å²) in [4.78, 5) is 22.8. The van der Waals surface area contributed by atoms with Gasteiger partial charge in [-0.1, -0.05) is 0 Å². The number of carbonyl (C=O) groups is 2. The minimum Gasteiger partial charge on any atom is -0.458 e. The summed E-state index contributed by atoms with van der Waals surface area (Å²) < 4.78 is 9.88. The number of carbonyl (C=O) groups excluding carboxylic acids is 2. The molecule has 0 aliphatic rings. The first-order valence-electron chi connectivity index (χ1n) is 5.27. The van der Waals surface area contributed by atoms with Crippen LogP contribution in [0.3, 0.4) is 0 Å². The molecule has 0 heterocycles. The zero-order valence-corrected chi connectivity index (χ0v) is 10.6. The lowest BCUT2D eigenvalue weighted by Crippen LogP contribution is -2.42. The molecule has 5 nitrogen and oxygen atoms in total. The molecular weight excluding hydrogens is 210 g/mol. The summed E-state index contributed by atoms with van der Waals surface area (Å²) in [5.41, 5.74) is -0.539. The second-order valence-corrected chi connectivity index (χ2v) is 4.57. The van der Waals surface area contributed by atoms with Crippen molar-refractivity contribution in [3.05, 3.63) is 0 Å². The molecule has 0 aliphatic heterocycles. The number of hydrogen-bond donors (Lipinski definition) is 1. The number of rotatable bonds is 5. The third-order valence-electron chi connectivity index (χ3n) is 1.67. The summed E-state index contributed by atoms with van der Waals surface area (Å²) in [6.07, 6.45) is 0.240. The quantitative estimate of drug-likeness (QED) is 0.713. The van der Waals surface area contributed by atoms with Crippen LogP contribution in [0.15, 0.2) is 0 Å². The van der Waals surface area contributed by atoms with Gasteiger partial charge in [0.1, 0.15) is 11.6 Å². The van der Waals surface area contributed by atoms with E-state index < -0.39 is 17.6 Å². The van der Waals surface area contributed by atoms with Crippen molar-refractivity contribution in [3.63, 3.8) is 0 Å². The van der Waals surface area contributed by atoms with E-state index in [1.807, 2.05) is 0 Å². The molecule has 0 saturated heterocycles. The van der Waals surface area contributed by atoms with Gasteiger partial charge < -0.3 is 14.8 Å². The summed E-state index contributed by atoms with van der Waals surface area (Å²) >= 11 is 0. The van der Waals surface area contributed by atoms with Crippen molar-refractivity contribution >= 4 is 11.9 Å². The van der Waals surface area contributed by atoms with Gasteiger partial charge in [-0.05, 0) is 27.7 Å². The Kier molecular flexibility index (Phi) is 6.03. The molecular formula is C11H21NO4. The van der Waals surface area contributed by atoms with Gasteiger partial charge in [0.25, 0.3) is 0 Å². The third-order valence-corrected chi connectivity index (χ3v) is 1.67. The number of nitrogens with one attached hydrogen (secondary N) is 1. The summed E-state index contributed by atoms with van der Waals surface area (Å²) in [5.74, 6) is -0.654. The summed E-state index contributed by atoms with van der Waals surface area (Å²) in [6.45, 7) is 7.28. The predicted octanol–water partition coefficient (Wildman–Crippen LogP) is 0.869. The van der Waals surface area contributed by atoms with E-state index in [0.717, 1.165) is 0 Å². The molecule has 0 aliphatic carbocycles. The monoisotopic (exact) mass is 231 g/mol. The lowest BCUT2D eigenvalue weighted by Gasteiger charge is -2.22. The molecule has 0 fully saturated rings. The smallest absolute Gasteiger partial charge is 0.328 e. The molecule has 16 heavy (non-hydrogen) atoms. The van der Waals surface area contributed by atoms with Gasteiger partial charge in [0.2, 0.25) is 5.91 Å². The standard InChI is InChI=1S/C11H21NO4/c1-8(10(14)16-11(2,3)4)12-9(13)6-7-15-5/h8H,6-7H2,1-5H3,(H,12,13)/t8-/m0/s1. The molecule has 1 atom stereocenters. The minimum atomic E-state index is -0.636. The summed E-state index contributed by atoms with van der Waals surface area (Å²) in [7, 11) is 1.52. The van der Waals surface area contributed by atoms with Crippen molar-refractivity contribution in [2.75, 3.05) is 13.7 Å². The van der Waals surface area contributed by atoms with Crippen LogP contribution >= 0.6 is 0 Å². The summed E-state index contributed by atoms with van der Waals surface area (Å²) in [6, 6.07) is -0.636. The molecule has 94 valence electrons. The van der Waals surface area contributed by atoms with E-state index in [9.17, 15) is 9.59 Å². The Morgan fingerprint density at radius 2 is 1.88 bits per heavy atom. The van der Waals surface area contributed by atoms with Crippen molar-refractivity contribution in [1.29, 1.82) is 0 Å². The van der Waals surface area contributed by atoms with Crippen molar-refractivity contribution in [1.82, 2.24) is 5.32 Å². The van der Waals surface area contributed by atoms with Gasteiger partial charge in [-0.2, -0.15) is 0 Å². The fourth-order valence-electron chi connectivity index (χ4n) is 0.958. The van der Waals surface area contributed by atoms with E-state index in [4.69, 9.17) is 9.47 Å². The second-order valence-electron chi connectivity index (χ2n) is 4.57. The number of methoxy groups -OCH3 is 1. The van der Waals surface area contributed by atoms with Crippen LogP contribution in [-0.2, 0) is 19.1 Å². The Bertz CT molecular complexity index is 245. The van der Waals surface area contributed by atoms with E-state index in [1.165, 1.54) is 7.11 Å². The Hall–Kier alpha value is -1.10. The minimum absolute atomic E-state index is 0.222. The van der Waals surface area contributed by atoms with Gasteiger partial charge in [-0.3, -0.25) is 4.79 Å². The fourth-order valence-corrected chi connectivity index (χ4v) is 0.958. The first-order valence-corrected chi connectivity index (χ1v) is 5.27. The van der Waals surface area contributed by atoms with Gasteiger partial charge in [-0.15, -0.1) is 0 Å². The molecule has 0 rings (SSSR count). The molecule has 0 bridgehead atoms. The first kappa shape index (κ1) is 14.9. The average Bonchev–Trinajstić information content (AvgIpc) is 2.11. The Morgan fingerprint density at radius 1 is 1.31 bits per heavy atom. The highest BCUT2D eigenvalue weighted by Gasteiger charge is 2.22. The zero-order valence-electron chi connectivity index (χ0n) is 10.6. The molecule has 0 aromatic heterocycles. The van der Waals surface area contributed by atoms with Gasteiger partial charge in [-0.25, -0.2) is 4.79 Å². The SMILES string of the molecule is COCCC(=O)N[C@@H](C)C(=O)OC(C)(C)C. The second kappa shape index (κ2) is 6.48. The maximum absolute atomic E-state index is 11.5. The van der Waals surface area contributed by atoms with Crippen LogP contribution in [0.5, 0.6) is 0 Å². The normalized spacial score (nSPS) is 13.1. The number of ether oxygens (including phenoxy) is 2. The highest BCUT2D eigenvalue weighted by atomic mass is 16.6. The van der Waals surface area contributed by atoms with Gasteiger partial charge >= 0.3 is 5.97 Å². The molecule has 1 N–H and O–H groups in total. The van der Waals surface area contributed by atoms with Crippen molar-refractivity contribution < 1.29 is 19.1 Å². The topological polar surface area (TPSA) is 64.6 Å². The molecule has 0 unspecified atom stereocenters. The first-order chi connectivity index (χ1) is 7.26. The lowest BCUT2D eigenvalue weighted by molar-refractivity contribution is -0.158. The number of amides is 1. The largest absolute Gasteiger partial charge is 0.458 e. The number of esters is 1. The fraction of sp³-hybridized carbons (Fsp3) is 0.818. The Labute approximate surface area is 96.5 Å². The third kappa shape index (κ3) is 7.23.